The minimum atomic E-state index is -0.0938. The molecule has 1 rings (SSSR count). The summed E-state index contributed by atoms with van der Waals surface area (Å²) in [5, 5.41) is 2.82. The van der Waals surface area contributed by atoms with Crippen LogP contribution in [0.15, 0.2) is 0 Å². The van der Waals surface area contributed by atoms with Crippen molar-refractivity contribution >= 4 is 11.8 Å². The van der Waals surface area contributed by atoms with E-state index in [4.69, 9.17) is 5.73 Å². The van der Waals surface area contributed by atoms with E-state index >= 15 is 0 Å². The molecular weight excluding hydrogens is 254 g/mol. The number of nitrogens with one attached hydrogen (secondary N) is 1. The molecule has 0 aromatic rings. The average molecular weight is 283 g/mol. The number of hydrogen-bond acceptors (Lipinski definition) is 3. The first-order valence-corrected chi connectivity index (χ1v) is 7.68. The number of carbonyl (C=O) groups is 2. The van der Waals surface area contributed by atoms with Crippen LogP contribution in [-0.2, 0) is 9.59 Å². The second kappa shape index (κ2) is 7.62. The number of likely N-dealkylation sites (N-methyl/N-ethyl adjacent to an activating group) is 1. The Hall–Kier alpha value is -1.10. The van der Waals surface area contributed by atoms with Crippen LogP contribution in [0.2, 0.25) is 0 Å². The first-order valence-electron chi connectivity index (χ1n) is 7.68. The molecule has 2 amide bonds. The minimum Gasteiger partial charge on any atom is -0.352 e. The first-order chi connectivity index (χ1) is 9.35. The fourth-order valence-electron chi connectivity index (χ4n) is 2.73. The Morgan fingerprint density at radius 1 is 1.35 bits per heavy atom. The van der Waals surface area contributed by atoms with Crippen LogP contribution in [0.4, 0.5) is 0 Å². The number of nitrogens with zero attached hydrogens (tertiary/aromatic N) is 1. The Morgan fingerprint density at radius 3 is 2.50 bits per heavy atom. The van der Waals surface area contributed by atoms with Gasteiger partial charge in [0.2, 0.25) is 11.8 Å². The molecule has 0 aromatic carbocycles. The highest BCUT2D eigenvalue weighted by molar-refractivity contribution is 5.86. The molecule has 3 N–H and O–H groups in total. The van der Waals surface area contributed by atoms with E-state index in [0.717, 1.165) is 19.3 Å². The highest BCUT2D eigenvalue weighted by atomic mass is 16.2. The largest absolute Gasteiger partial charge is 0.352 e. The van der Waals surface area contributed by atoms with Crippen molar-refractivity contribution in [3.05, 3.63) is 0 Å². The summed E-state index contributed by atoms with van der Waals surface area (Å²) in [6.07, 6.45) is 2.62. The molecule has 0 radical (unpaired) electrons. The Balaban J connectivity index is 2.56. The standard InChI is InChI=1S/C15H29N3O2/c1-5-18(9-14(19)17-10(2)3)15(20)12-7-6-11(4)13(16)8-12/h10-13H,5-9,16H2,1-4H3,(H,17,19). The van der Waals surface area contributed by atoms with Gasteiger partial charge in [-0.3, -0.25) is 9.59 Å². The minimum absolute atomic E-state index is 0.0204. The molecule has 1 saturated carbocycles. The van der Waals surface area contributed by atoms with Gasteiger partial charge in [-0.15, -0.1) is 0 Å². The highest BCUT2D eigenvalue weighted by Gasteiger charge is 2.32. The molecule has 0 heterocycles. The van der Waals surface area contributed by atoms with Crippen molar-refractivity contribution in [2.45, 2.75) is 59.0 Å². The normalized spacial score (nSPS) is 26.4. The van der Waals surface area contributed by atoms with Crippen LogP contribution in [-0.4, -0.2) is 41.9 Å². The smallest absolute Gasteiger partial charge is 0.239 e. The number of carbonyl (C=O) groups excluding carboxylic acids is 2. The Labute approximate surface area is 122 Å². The molecular formula is C15H29N3O2. The van der Waals surface area contributed by atoms with Gasteiger partial charge in [-0.25, -0.2) is 0 Å². The molecule has 1 aliphatic carbocycles. The average Bonchev–Trinajstić information content (AvgIpc) is 2.37. The number of hydrogen-bond donors (Lipinski definition) is 2. The van der Waals surface area contributed by atoms with Gasteiger partial charge >= 0.3 is 0 Å². The van der Waals surface area contributed by atoms with Crippen LogP contribution in [0.25, 0.3) is 0 Å². The third-order valence-electron chi connectivity index (χ3n) is 4.08. The zero-order valence-electron chi connectivity index (χ0n) is 13.2. The summed E-state index contributed by atoms with van der Waals surface area (Å²) in [5.74, 6) is 0.448. The Morgan fingerprint density at radius 2 is 2.00 bits per heavy atom. The monoisotopic (exact) mass is 283 g/mol. The second-order valence-electron chi connectivity index (χ2n) is 6.23. The Bertz CT molecular complexity index is 344. The topological polar surface area (TPSA) is 75.4 Å². The third kappa shape index (κ3) is 4.78. The summed E-state index contributed by atoms with van der Waals surface area (Å²) in [6, 6.07) is 0.196. The van der Waals surface area contributed by atoms with Crippen LogP contribution in [0.1, 0.15) is 47.0 Å². The van der Waals surface area contributed by atoms with Crippen LogP contribution in [0, 0.1) is 11.8 Å². The molecule has 1 fully saturated rings. The van der Waals surface area contributed by atoms with E-state index in [9.17, 15) is 9.59 Å². The van der Waals surface area contributed by atoms with Crippen molar-refractivity contribution < 1.29 is 9.59 Å². The van der Waals surface area contributed by atoms with Crippen LogP contribution in [0.3, 0.4) is 0 Å². The molecule has 1 aliphatic rings. The van der Waals surface area contributed by atoms with Gasteiger partial charge in [-0.05, 0) is 46.0 Å². The van der Waals surface area contributed by atoms with E-state index in [1.807, 2.05) is 20.8 Å². The lowest BCUT2D eigenvalue weighted by atomic mass is 9.79. The van der Waals surface area contributed by atoms with Crippen LogP contribution >= 0.6 is 0 Å². The lowest BCUT2D eigenvalue weighted by Crippen LogP contribution is -2.47. The molecule has 3 atom stereocenters. The van der Waals surface area contributed by atoms with Gasteiger partial charge in [-0.1, -0.05) is 6.92 Å². The predicted molar refractivity (Wildman–Crippen MR) is 80.0 cm³/mol. The lowest BCUT2D eigenvalue weighted by molar-refractivity contribution is -0.140. The van der Waals surface area contributed by atoms with Crippen molar-refractivity contribution in [2.75, 3.05) is 13.1 Å². The van der Waals surface area contributed by atoms with E-state index in [1.165, 1.54) is 0 Å². The number of rotatable bonds is 5. The quantitative estimate of drug-likeness (QED) is 0.794. The predicted octanol–water partition coefficient (Wildman–Crippen LogP) is 1.12. The van der Waals surface area contributed by atoms with E-state index in [-0.39, 0.29) is 36.4 Å². The first kappa shape index (κ1) is 17.0. The van der Waals surface area contributed by atoms with Crippen molar-refractivity contribution in [3.63, 3.8) is 0 Å². The van der Waals surface area contributed by atoms with Gasteiger partial charge in [-0.2, -0.15) is 0 Å². The fourth-order valence-corrected chi connectivity index (χ4v) is 2.73. The summed E-state index contributed by atoms with van der Waals surface area (Å²) in [5.41, 5.74) is 6.07. The van der Waals surface area contributed by atoms with Gasteiger partial charge in [0.05, 0.1) is 6.54 Å². The zero-order valence-corrected chi connectivity index (χ0v) is 13.2. The second-order valence-corrected chi connectivity index (χ2v) is 6.23. The van der Waals surface area contributed by atoms with Crippen molar-refractivity contribution in [1.82, 2.24) is 10.2 Å². The maximum absolute atomic E-state index is 12.5. The van der Waals surface area contributed by atoms with E-state index < -0.39 is 0 Å². The molecule has 5 heteroatoms. The molecule has 20 heavy (non-hydrogen) atoms. The SMILES string of the molecule is CCN(CC(=O)NC(C)C)C(=O)C1CCC(C)C(N)C1. The molecule has 5 nitrogen and oxygen atoms in total. The highest BCUT2D eigenvalue weighted by Crippen LogP contribution is 2.28. The maximum atomic E-state index is 12.5. The summed E-state index contributed by atoms with van der Waals surface area (Å²) < 4.78 is 0. The molecule has 0 aromatic heterocycles. The maximum Gasteiger partial charge on any atom is 0.239 e. The van der Waals surface area contributed by atoms with Crippen LogP contribution in [0.5, 0.6) is 0 Å². The summed E-state index contributed by atoms with van der Waals surface area (Å²) in [6.45, 7) is 8.58. The van der Waals surface area contributed by atoms with E-state index in [0.29, 0.717) is 12.5 Å². The van der Waals surface area contributed by atoms with E-state index in [1.54, 1.807) is 4.90 Å². The van der Waals surface area contributed by atoms with Gasteiger partial charge < -0.3 is 16.0 Å². The molecule has 0 bridgehead atoms. The van der Waals surface area contributed by atoms with Crippen LogP contribution < -0.4 is 11.1 Å². The fraction of sp³-hybridized carbons (Fsp3) is 0.867. The van der Waals surface area contributed by atoms with E-state index in [2.05, 4.69) is 12.2 Å². The van der Waals surface area contributed by atoms with Gasteiger partial charge in [0, 0.05) is 24.5 Å². The van der Waals surface area contributed by atoms with Crippen molar-refractivity contribution in [1.29, 1.82) is 0 Å². The molecule has 116 valence electrons. The molecule has 0 spiro atoms. The zero-order chi connectivity index (χ0) is 15.3. The number of amides is 2. The Kier molecular flexibility index (Phi) is 6.46. The molecule has 0 saturated heterocycles. The van der Waals surface area contributed by atoms with Crippen molar-refractivity contribution in [3.8, 4) is 0 Å². The summed E-state index contributed by atoms with van der Waals surface area (Å²) in [4.78, 5) is 25.9. The van der Waals surface area contributed by atoms with Gasteiger partial charge in [0.1, 0.15) is 0 Å². The lowest BCUT2D eigenvalue weighted by Gasteiger charge is -2.34. The number of nitrogens with two attached hydrogens (primary N) is 1. The van der Waals surface area contributed by atoms with Gasteiger partial charge in [0.25, 0.3) is 0 Å². The molecule has 0 aliphatic heterocycles. The van der Waals surface area contributed by atoms with Crippen molar-refractivity contribution in [2.24, 2.45) is 17.6 Å². The summed E-state index contributed by atoms with van der Waals surface area (Å²) in [7, 11) is 0. The summed E-state index contributed by atoms with van der Waals surface area (Å²) >= 11 is 0. The molecule has 3 unspecified atom stereocenters. The third-order valence-corrected chi connectivity index (χ3v) is 4.08. The van der Waals surface area contributed by atoms with Gasteiger partial charge in [0.15, 0.2) is 0 Å².